The normalized spacial score (nSPS) is 9.62. The number of nitrogens with zero attached hydrogens (tertiary/aromatic N) is 1. The molecule has 0 atom stereocenters. The molecule has 16 heavy (non-hydrogen) atoms. The number of amides is 1. The minimum atomic E-state index is 0.0675. The predicted octanol–water partition coefficient (Wildman–Crippen LogP) is 1.06. The van der Waals surface area contributed by atoms with Crippen LogP contribution in [0.15, 0.2) is 18.3 Å². The van der Waals surface area contributed by atoms with E-state index >= 15 is 0 Å². The summed E-state index contributed by atoms with van der Waals surface area (Å²) in [5.41, 5.74) is 0.962. The van der Waals surface area contributed by atoms with E-state index < -0.39 is 0 Å². The molecule has 0 aromatic carbocycles. The van der Waals surface area contributed by atoms with Gasteiger partial charge in [0.05, 0.1) is 0 Å². The lowest BCUT2D eigenvalue weighted by Crippen LogP contribution is -2.24. The summed E-state index contributed by atoms with van der Waals surface area (Å²) in [5, 5.41) is 8.88. The average Bonchev–Trinajstić information content (AvgIpc) is 2.30. The maximum absolute atomic E-state index is 11.2. The van der Waals surface area contributed by atoms with Gasteiger partial charge in [0.25, 0.3) is 0 Å². The second-order valence-electron chi connectivity index (χ2n) is 3.31. The number of aromatic nitrogens is 1. The molecule has 0 saturated carbocycles. The third-order valence-electron chi connectivity index (χ3n) is 2.07. The number of hydrogen-bond acceptors (Lipinski definition) is 4. The molecule has 5 nitrogen and oxygen atoms in total. The standard InChI is InChI=1S/C11H18N4O/c1-3-13-11(16)5-7-14-9-4-6-15-10(8-9)12-2/h4,6,8H,3,5,7H2,1-2H3,(H,13,16)(H2,12,14,15). The van der Waals surface area contributed by atoms with E-state index in [4.69, 9.17) is 0 Å². The molecule has 88 valence electrons. The Morgan fingerprint density at radius 2 is 2.31 bits per heavy atom. The van der Waals surface area contributed by atoms with Crippen LogP contribution < -0.4 is 16.0 Å². The number of nitrogens with one attached hydrogen (secondary N) is 3. The molecule has 1 amide bonds. The predicted molar refractivity (Wildman–Crippen MR) is 65.6 cm³/mol. The molecule has 0 aliphatic heterocycles. The van der Waals surface area contributed by atoms with Crippen LogP contribution in [0.2, 0.25) is 0 Å². The van der Waals surface area contributed by atoms with Crippen LogP contribution >= 0.6 is 0 Å². The van der Waals surface area contributed by atoms with E-state index in [2.05, 4.69) is 20.9 Å². The molecule has 0 fully saturated rings. The van der Waals surface area contributed by atoms with Crippen LogP contribution in [-0.2, 0) is 4.79 Å². The number of pyridine rings is 1. The minimum absolute atomic E-state index is 0.0675. The lowest BCUT2D eigenvalue weighted by molar-refractivity contribution is -0.120. The van der Waals surface area contributed by atoms with Crippen LogP contribution in [-0.4, -0.2) is 31.0 Å². The van der Waals surface area contributed by atoms with E-state index in [9.17, 15) is 4.79 Å². The Bertz CT molecular complexity index is 341. The Morgan fingerprint density at radius 3 is 3.00 bits per heavy atom. The highest BCUT2D eigenvalue weighted by atomic mass is 16.1. The number of rotatable bonds is 6. The number of carbonyl (C=O) groups excluding carboxylic acids is 1. The van der Waals surface area contributed by atoms with Crippen molar-refractivity contribution in [3.05, 3.63) is 18.3 Å². The Hall–Kier alpha value is -1.78. The first kappa shape index (κ1) is 12.3. The molecule has 0 spiro atoms. The van der Waals surface area contributed by atoms with Crippen LogP contribution in [0.5, 0.6) is 0 Å². The molecule has 0 unspecified atom stereocenters. The monoisotopic (exact) mass is 222 g/mol. The molecule has 0 aliphatic rings. The molecule has 0 radical (unpaired) electrons. The van der Waals surface area contributed by atoms with Gasteiger partial charge in [-0.15, -0.1) is 0 Å². The second-order valence-corrected chi connectivity index (χ2v) is 3.31. The summed E-state index contributed by atoms with van der Waals surface area (Å²) >= 11 is 0. The van der Waals surface area contributed by atoms with E-state index in [1.165, 1.54) is 0 Å². The first-order valence-electron chi connectivity index (χ1n) is 5.40. The molecule has 0 bridgehead atoms. The minimum Gasteiger partial charge on any atom is -0.384 e. The molecule has 3 N–H and O–H groups in total. The van der Waals surface area contributed by atoms with Gasteiger partial charge in [-0.1, -0.05) is 0 Å². The summed E-state index contributed by atoms with van der Waals surface area (Å²) in [4.78, 5) is 15.3. The van der Waals surface area contributed by atoms with Gasteiger partial charge in [0.2, 0.25) is 5.91 Å². The van der Waals surface area contributed by atoms with Crippen LogP contribution in [0.4, 0.5) is 11.5 Å². The van der Waals surface area contributed by atoms with E-state index in [1.54, 1.807) is 6.20 Å². The summed E-state index contributed by atoms with van der Waals surface area (Å²) in [6.07, 6.45) is 2.20. The summed E-state index contributed by atoms with van der Waals surface area (Å²) in [7, 11) is 1.82. The largest absolute Gasteiger partial charge is 0.384 e. The zero-order chi connectivity index (χ0) is 11.8. The Balaban J connectivity index is 2.34. The zero-order valence-electron chi connectivity index (χ0n) is 9.71. The highest BCUT2D eigenvalue weighted by molar-refractivity contribution is 5.76. The van der Waals surface area contributed by atoms with Crippen molar-refractivity contribution in [2.75, 3.05) is 30.8 Å². The molecule has 1 aromatic heterocycles. The van der Waals surface area contributed by atoms with Crippen LogP contribution in [0.3, 0.4) is 0 Å². The van der Waals surface area contributed by atoms with Crippen molar-refractivity contribution >= 4 is 17.4 Å². The van der Waals surface area contributed by atoms with Crippen molar-refractivity contribution < 1.29 is 4.79 Å². The summed E-state index contributed by atoms with van der Waals surface area (Å²) < 4.78 is 0. The topological polar surface area (TPSA) is 66.0 Å². The van der Waals surface area contributed by atoms with Gasteiger partial charge in [0.1, 0.15) is 5.82 Å². The van der Waals surface area contributed by atoms with Gasteiger partial charge in [-0.25, -0.2) is 4.98 Å². The van der Waals surface area contributed by atoms with Crippen molar-refractivity contribution in [1.29, 1.82) is 0 Å². The number of hydrogen-bond donors (Lipinski definition) is 3. The van der Waals surface area contributed by atoms with Gasteiger partial charge >= 0.3 is 0 Å². The number of anilines is 2. The van der Waals surface area contributed by atoms with Gasteiger partial charge in [-0.3, -0.25) is 4.79 Å². The van der Waals surface area contributed by atoms with E-state index in [-0.39, 0.29) is 5.91 Å². The van der Waals surface area contributed by atoms with Gasteiger partial charge in [0.15, 0.2) is 0 Å². The van der Waals surface area contributed by atoms with Crippen molar-refractivity contribution in [3.8, 4) is 0 Å². The maximum Gasteiger partial charge on any atom is 0.221 e. The van der Waals surface area contributed by atoms with Crippen molar-refractivity contribution in [1.82, 2.24) is 10.3 Å². The SMILES string of the molecule is CCNC(=O)CCNc1ccnc(NC)c1. The highest BCUT2D eigenvalue weighted by Gasteiger charge is 1.99. The summed E-state index contributed by atoms with van der Waals surface area (Å²) in [6, 6.07) is 3.77. The van der Waals surface area contributed by atoms with Gasteiger partial charge < -0.3 is 16.0 Å². The van der Waals surface area contributed by atoms with Crippen molar-refractivity contribution in [3.63, 3.8) is 0 Å². The quantitative estimate of drug-likeness (QED) is 0.673. The molecule has 0 saturated heterocycles. The fourth-order valence-corrected chi connectivity index (χ4v) is 1.28. The third kappa shape index (κ3) is 4.16. The molecular formula is C11H18N4O. The van der Waals surface area contributed by atoms with E-state index in [0.717, 1.165) is 11.5 Å². The van der Waals surface area contributed by atoms with Crippen molar-refractivity contribution in [2.45, 2.75) is 13.3 Å². The molecule has 1 rings (SSSR count). The summed E-state index contributed by atoms with van der Waals surface area (Å²) in [5.74, 6) is 0.876. The first-order chi connectivity index (χ1) is 7.76. The first-order valence-corrected chi connectivity index (χ1v) is 5.40. The van der Waals surface area contributed by atoms with Gasteiger partial charge in [-0.05, 0) is 13.0 Å². The molecule has 1 heterocycles. The lowest BCUT2D eigenvalue weighted by Gasteiger charge is -2.07. The fraction of sp³-hybridized carbons (Fsp3) is 0.455. The van der Waals surface area contributed by atoms with Crippen molar-refractivity contribution in [2.24, 2.45) is 0 Å². The van der Waals surface area contributed by atoms with E-state index in [1.807, 2.05) is 26.1 Å². The van der Waals surface area contributed by atoms with Crippen LogP contribution in [0, 0.1) is 0 Å². The second kappa shape index (κ2) is 6.66. The zero-order valence-corrected chi connectivity index (χ0v) is 9.71. The lowest BCUT2D eigenvalue weighted by atomic mass is 10.3. The Labute approximate surface area is 95.7 Å². The number of carbonyl (C=O) groups is 1. The van der Waals surface area contributed by atoms with Gasteiger partial charge in [0, 0.05) is 44.5 Å². The average molecular weight is 222 g/mol. The molecular weight excluding hydrogens is 204 g/mol. The van der Waals surface area contributed by atoms with Crippen LogP contribution in [0.25, 0.3) is 0 Å². The smallest absolute Gasteiger partial charge is 0.221 e. The summed E-state index contributed by atoms with van der Waals surface area (Å²) in [6.45, 7) is 3.21. The third-order valence-corrected chi connectivity index (χ3v) is 2.07. The Kier molecular flexibility index (Phi) is 5.11. The molecule has 1 aromatic rings. The maximum atomic E-state index is 11.2. The Morgan fingerprint density at radius 1 is 1.50 bits per heavy atom. The van der Waals surface area contributed by atoms with Crippen LogP contribution in [0.1, 0.15) is 13.3 Å². The molecule has 0 aliphatic carbocycles. The molecule has 5 heteroatoms. The fourth-order valence-electron chi connectivity index (χ4n) is 1.28. The van der Waals surface area contributed by atoms with E-state index in [0.29, 0.717) is 19.5 Å². The highest BCUT2D eigenvalue weighted by Crippen LogP contribution is 2.10. The van der Waals surface area contributed by atoms with Gasteiger partial charge in [-0.2, -0.15) is 0 Å².